The van der Waals surface area contributed by atoms with E-state index in [2.05, 4.69) is 5.43 Å². The van der Waals surface area contributed by atoms with Gasteiger partial charge in [0.1, 0.15) is 5.75 Å². The molecule has 4 heteroatoms. The van der Waals surface area contributed by atoms with Crippen molar-refractivity contribution < 1.29 is 9.53 Å². The van der Waals surface area contributed by atoms with Gasteiger partial charge in [-0.2, -0.15) is 0 Å². The summed E-state index contributed by atoms with van der Waals surface area (Å²) in [6.45, 7) is 4.49. The summed E-state index contributed by atoms with van der Waals surface area (Å²) < 4.78 is 5.41. The molecule has 0 atom stereocenters. The number of hydrogen-bond acceptors (Lipinski definition) is 3. The lowest BCUT2D eigenvalue weighted by atomic mass is 10.1. The summed E-state index contributed by atoms with van der Waals surface area (Å²) in [6.07, 6.45) is 0. The highest BCUT2D eigenvalue weighted by molar-refractivity contribution is 5.94. The molecule has 0 aliphatic heterocycles. The van der Waals surface area contributed by atoms with Gasteiger partial charge < -0.3 is 4.74 Å². The number of ether oxygens (including phenoxy) is 1. The Morgan fingerprint density at radius 2 is 2.12 bits per heavy atom. The molecule has 1 N–H and O–H groups in total. The number of amides is 1. The maximum Gasteiger partial charge on any atom is 0.265 e. The second-order valence-corrected chi connectivity index (χ2v) is 3.75. The zero-order valence-corrected chi connectivity index (χ0v) is 10.2. The van der Waals surface area contributed by atoms with Crippen LogP contribution in [-0.2, 0) is 0 Å². The van der Waals surface area contributed by atoms with Gasteiger partial charge in [0.2, 0.25) is 0 Å². The zero-order valence-electron chi connectivity index (χ0n) is 10.2. The highest BCUT2D eigenvalue weighted by Gasteiger charge is 2.08. The van der Waals surface area contributed by atoms with Crippen LogP contribution in [0.5, 0.6) is 5.75 Å². The van der Waals surface area contributed by atoms with E-state index in [-0.39, 0.29) is 5.91 Å². The molecule has 1 aromatic rings. The largest absolute Gasteiger partial charge is 0.494 e. The van der Waals surface area contributed by atoms with Crippen molar-refractivity contribution in [1.29, 1.82) is 0 Å². The summed E-state index contributed by atoms with van der Waals surface area (Å²) >= 11 is 0. The van der Waals surface area contributed by atoms with Gasteiger partial charge in [0.05, 0.1) is 6.61 Å². The normalized spacial score (nSPS) is 10.3. The van der Waals surface area contributed by atoms with Crippen LogP contribution in [0.3, 0.4) is 0 Å². The molecule has 0 aliphatic carbocycles. The van der Waals surface area contributed by atoms with Gasteiger partial charge in [-0.05, 0) is 37.6 Å². The Balaban J connectivity index is 2.84. The summed E-state index contributed by atoms with van der Waals surface area (Å²) in [5.74, 6) is 0.708. The van der Waals surface area contributed by atoms with E-state index in [0.717, 1.165) is 11.3 Å². The molecule has 1 rings (SSSR count). The Morgan fingerprint density at radius 3 is 2.62 bits per heavy atom. The molecule has 0 spiro atoms. The van der Waals surface area contributed by atoms with Crippen molar-refractivity contribution in [2.24, 2.45) is 0 Å². The van der Waals surface area contributed by atoms with Crippen LogP contribution >= 0.6 is 0 Å². The predicted molar refractivity (Wildman–Crippen MR) is 63.5 cm³/mol. The fourth-order valence-electron chi connectivity index (χ4n) is 1.38. The predicted octanol–water partition coefficient (Wildman–Crippen LogP) is 1.60. The van der Waals surface area contributed by atoms with Crippen molar-refractivity contribution in [2.75, 3.05) is 20.7 Å². The fourth-order valence-corrected chi connectivity index (χ4v) is 1.38. The minimum absolute atomic E-state index is 0.115. The monoisotopic (exact) mass is 222 g/mol. The summed E-state index contributed by atoms with van der Waals surface area (Å²) in [4.78, 5) is 11.7. The number of nitrogens with one attached hydrogen (secondary N) is 1. The van der Waals surface area contributed by atoms with Crippen molar-refractivity contribution in [3.8, 4) is 5.75 Å². The molecular weight excluding hydrogens is 204 g/mol. The maximum atomic E-state index is 11.7. The van der Waals surface area contributed by atoms with E-state index in [4.69, 9.17) is 4.74 Å². The van der Waals surface area contributed by atoms with Gasteiger partial charge in [-0.3, -0.25) is 10.2 Å². The molecule has 4 nitrogen and oxygen atoms in total. The number of carbonyl (C=O) groups is 1. The summed E-state index contributed by atoms with van der Waals surface area (Å²) in [7, 11) is 3.55. The van der Waals surface area contributed by atoms with Gasteiger partial charge >= 0.3 is 0 Å². The third kappa shape index (κ3) is 3.24. The SMILES string of the molecule is CCOc1ccc(C(=O)NN(C)C)cc1C. The van der Waals surface area contributed by atoms with E-state index < -0.39 is 0 Å². The van der Waals surface area contributed by atoms with Crippen LogP contribution in [0, 0.1) is 6.92 Å². The molecule has 0 radical (unpaired) electrons. The van der Waals surface area contributed by atoms with Crippen molar-refractivity contribution in [3.05, 3.63) is 29.3 Å². The molecule has 0 aliphatic rings. The number of hydrazine groups is 1. The topological polar surface area (TPSA) is 41.6 Å². The number of hydrogen-bond donors (Lipinski definition) is 1. The molecule has 0 aromatic heterocycles. The van der Waals surface area contributed by atoms with Crippen molar-refractivity contribution >= 4 is 5.91 Å². The Bertz CT molecular complexity index is 375. The number of nitrogens with zero attached hydrogens (tertiary/aromatic N) is 1. The second-order valence-electron chi connectivity index (χ2n) is 3.75. The van der Waals surface area contributed by atoms with Crippen LogP contribution in [0.25, 0.3) is 0 Å². The zero-order chi connectivity index (χ0) is 12.1. The van der Waals surface area contributed by atoms with Crippen molar-refractivity contribution in [1.82, 2.24) is 10.4 Å². The molecule has 1 amide bonds. The van der Waals surface area contributed by atoms with E-state index in [0.29, 0.717) is 12.2 Å². The van der Waals surface area contributed by atoms with E-state index in [1.807, 2.05) is 26.0 Å². The lowest BCUT2D eigenvalue weighted by Crippen LogP contribution is -2.36. The van der Waals surface area contributed by atoms with Crippen LogP contribution in [-0.4, -0.2) is 31.6 Å². The first-order valence-electron chi connectivity index (χ1n) is 5.26. The first kappa shape index (κ1) is 12.5. The van der Waals surface area contributed by atoms with Gasteiger partial charge in [0.25, 0.3) is 5.91 Å². The van der Waals surface area contributed by atoms with Gasteiger partial charge in [-0.15, -0.1) is 0 Å². The van der Waals surface area contributed by atoms with Crippen molar-refractivity contribution in [2.45, 2.75) is 13.8 Å². The smallest absolute Gasteiger partial charge is 0.265 e. The van der Waals surface area contributed by atoms with Gasteiger partial charge in [-0.1, -0.05) is 0 Å². The van der Waals surface area contributed by atoms with E-state index >= 15 is 0 Å². The Labute approximate surface area is 96.2 Å². The molecule has 0 saturated carbocycles. The van der Waals surface area contributed by atoms with E-state index in [9.17, 15) is 4.79 Å². The quantitative estimate of drug-likeness (QED) is 0.787. The molecule has 0 saturated heterocycles. The number of carbonyl (C=O) groups excluding carboxylic acids is 1. The van der Waals surface area contributed by atoms with Gasteiger partial charge in [0, 0.05) is 19.7 Å². The second kappa shape index (κ2) is 5.51. The highest BCUT2D eigenvalue weighted by Crippen LogP contribution is 2.18. The number of aryl methyl sites for hydroxylation is 1. The minimum Gasteiger partial charge on any atom is -0.494 e. The fraction of sp³-hybridized carbons (Fsp3) is 0.417. The molecule has 0 bridgehead atoms. The van der Waals surface area contributed by atoms with Gasteiger partial charge in [-0.25, -0.2) is 5.01 Å². The van der Waals surface area contributed by atoms with Crippen LogP contribution in [0.15, 0.2) is 18.2 Å². The third-order valence-corrected chi connectivity index (χ3v) is 2.06. The Hall–Kier alpha value is -1.55. The summed E-state index contributed by atoms with van der Waals surface area (Å²) in [6, 6.07) is 5.41. The van der Waals surface area contributed by atoms with Crippen LogP contribution < -0.4 is 10.2 Å². The number of rotatable bonds is 4. The standard InChI is InChI=1S/C12H18N2O2/c1-5-16-11-7-6-10(8-9(11)2)12(15)13-14(3)4/h6-8H,5H2,1-4H3,(H,13,15). The average Bonchev–Trinajstić information content (AvgIpc) is 2.20. The van der Waals surface area contributed by atoms with Crippen molar-refractivity contribution in [3.63, 3.8) is 0 Å². The van der Waals surface area contributed by atoms with Crippen LogP contribution in [0.2, 0.25) is 0 Å². The number of benzene rings is 1. The first-order chi connectivity index (χ1) is 7.54. The molecule has 0 fully saturated rings. The lowest BCUT2D eigenvalue weighted by molar-refractivity contribution is 0.0857. The average molecular weight is 222 g/mol. The van der Waals surface area contributed by atoms with Crippen LogP contribution in [0.4, 0.5) is 0 Å². The molecule has 16 heavy (non-hydrogen) atoms. The third-order valence-electron chi connectivity index (χ3n) is 2.06. The first-order valence-corrected chi connectivity index (χ1v) is 5.26. The maximum absolute atomic E-state index is 11.7. The molecular formula is C12H18N2O2. The minimum atomic E-state index is -0.115. The van der Waals surface area contributed by atoms with E-state index in [1.165, 1.54) is 0 Å². The highest BCUT2D eigenvalue weighted by atomic mass is 16.5. The lowest BCUT2D eigenvalue weighted by Gasteiger charge is -2.13. The summed E-state index contributed by atoms with van der Waals surface area (Å²) in [5, 5.41) is 1.62. The summed E-state index contributed by atoms with van der Waals surface area (Å²) in [5.41, 5.74) is 4.29. The molecule has 1 aromatic carbocycles. The Kier molecular flexibility index (Phi) is 4.31. The Morgan fingerprint density at radius 1 is 1.44 bits per heavy atom. The van der Waals surface area contributed by atoms with E-state index in [1.54, 1.807) is 25.2 Å². The molecule has 0 heterocycles. The molecule has 0 unspecified atom stereocenters. The van der Waals surface area contributed by atoms with Crippen LogP contribution in [0.1, 0.15) is 22.8 Å². The van der Waals surface area contributed by atoms with Gasteiger partial charge in [0.15, 0.2) is 0 Å². The molecule has 88 valence electrons.